The monoisotopic (exact) mass is 371 g/mol. The number of aliphatic carboxylic acids is 1. The van der Waals surface area contributed by atoms with Crippen molar-refractivity contribution >= 4 is 33.4 Å². The van der Waals surface area contributed by atoms with E-state index in [2.05, 4.69) is 0 Å². The lowest BCUT2D eigenvalue weighted by Crippen LogP contribution is -2.20. The average Bonchev–Trinajstić information content (AvgIpc) is 2.53. The Bertz CT molecular complexity index is 880. The summed E-state index contributed by atoms with van der Waals surface area (Å²) in [6, 6.07) is 9.62. The molecule has 0 saturated carbocycles. The summed E-state index contributed by atoms with van der Waals surface area (Å²) in [5.41, 5.74) is -0.341. The molecular formula is C14H10ClNO7S. The van der Waals surface area contributed by atoms with E-state index in [0.29, 0.717) is 0 Å². The number of carbonyl (C=O) groups is 1. The molecule has 0 radical (unpaired) electrons. The number of benzene rings is 2. The van der Waals surface area contributed by atoms with E-state index in [4.69, 9.17) is 15.8 Å². The van der Waals surface area contributed by atoms with Gasteiger partial charge in [0, 0.05) is 22.7 Å². The molecule has 2 aromatic rings. The van der Waals surface area contributed by atoms with Crippen molar-refractivity contribution in [3.05, 3.63) is 69.2 Å². The van der Waals surface area contributed by atoms with E-state index in [-0.39, 0.29) is 16.3 Å². The van der Waals surface area contributed by atoms with Gasteiger partial charge < -0.3 is 5.11 Å². The van der Waals surface area contributed by atoms with Gasteiger partial charge in [-0.15, -0.1) is 0 Å². The third-order valence-electron chi connectivity index (χ3n) is 2.97. The number of carboxylic acid groups (broad SMARTS) is 1. The summed E-state index contributed by atoms with van der Waals surface area (Å²) < 4.78 is 29.2. The van der Waals surface area contributed by atoms with Crippen LogP contribution in [0.25, 0.3) is 0 Å². The van der Waals surface area contributed by atoms with Crippen LogP contribution in [-0.2, 0) is 19.1 Å². The first-order valence-electron chi connectivity index (χ1n) is 6.37. The number of nitrogens with zero attached hydrogens (tertiary/aromatic N) is 1. The zero-order valence-corrected chi connectivity index (χ0v) is 13.4. The molecular weight excluding hydrogens is 362 g/mol. The molecule has 0 aliphatic carbocycles. The minimum atomic E-state index is -4.47. The lowest BCUT2D eigenvalue weighted by Gasteiger charge is -2.15. The van der Waals surface area contributed by atoms with Crippen LogP contribution in [0, 0.1) is 10.1 Å². The minimum Gasteiger partial charge on any atom is -0.479 e. The Morgan fingerprint density at radius 1 is 1.17 bits per heavy atom. The third-order valence-corrected chi connectivity index (χ3v) is 4.61. The molecule has 0 amide bonds. The number of halogens is 1. The van der Waals surface area contributed by atoms with E-state index in [1.54, 1.807) is 6.07 Å². The second-order valence-corrected chi connectivity index (χ2v) is 6.52. The van der Waals surface area contributed by atoms with E-state index in [0.717, 1.165) is 24.3 Å². The largest absolute Gasteiger partial charge is 0.479 e. The van der Waals surface area contributed by atoms with Crippen LogP contribution in [0.3, 0.4) is 0 Å². The molecule has 0 saturated heterocycles. The topological polar surface area (TPSA) is 124 Å². The Morgan fingerprint density at radius 2 is 1.75 bits per heavy atom. The predicted molar refractivity (Wildman–Crippen MR) is 83.2 cm³/mol. The number of carboxylic acids is 1. The highest BCUT2D eigenvalue weighted by molar-refractivity contribution is 7.86. The van der Waals surface area contributed by atoms with Crippen LogP contribution in [0.15, 0.2) is 53.4 Å². The molecule has 1 N–H and O–H groups in total. The summed E-state index contributed by atoms with van der Waals surface area (Å²) >= 11 is 5.88. The van der Waals surface area contributed by atoms with Crippen molar-refractivity contribution < 1.29 is 27.4 Å². The summed E-state index contributed by atoms with van der Waals surface area (Å²) in [6.07, 6.45) is -1.85. The molecule has 0 fully saturated rings. The Balaban J connectivity index is 2.36. The Hall–Kier alpha value is -2.49. The summed E-state index contributed by atoms with van der Waals surface area (Å²) in [4.78, 5) is 20.8. The van der Waals surface area contributed by atoms with Crippen molar-refractivity contribution in [2.24, 2.45) is 0 Å². The Morgan fingerprint density at radius 3 is 2.25 bits per heavy atom. The summed E-state index contributed by atoms with van der Waals surface area (Å²) in [5.74, 6) is -1.55. The van der Waals surface area contributed by atoms with E-state index in [1.807, 2.05) is 0 Å². The smallest absolute Gasteiger partial charge is 0.339 e. The maximum Gasteiger partial charge on any atom is 0.339 e. The molecule has 0 heterocycles. The highest BCUT2D eigenvalue weighted by Crippen LogP contribution is 2.29. The molecule has 0 aliphatic rings. The first kappa shape index (κ1) is 17.9. The first-order valence-corrected chi connectivity index (χ1v) is 8.16. The average molecular weight is 372 g/mol. The normalized spacial score (nSPS) is 12.5. The van der Waals surface area contributed by atoms with Crippen molar-refractivity contribution in [3.8, 4) is 0 Å². The second kappa shape index (κ2) is 6.95. The van der Waals surface area contributed by atoms with Crippen LogP contribution in [-0.4, -0.2) is 24.4 Å². The second-order valence-electron chi connectivity index (χ2n) is 4.54. The summed E-state index contributed by atoms with van der Waals surface area (Å²) in [7, 11) is -4.47. The maximum absolute atomic E-state index is 12.2. The fourth-order valence-corrected chi connectivity index (χ4v) is 3.09. The fraction of sp³-hybridized carbons (Fsp3) is 0.0714. The van der Waals surface area contributed by atoms with Crippen LogP contribution < -0.4 is 0 Å². The maximum atomic E-state index is 12.2. The van der Waals surface area contributed by atoms with Crippen LogP contribution >= 0.6 is 11.6 Å². The van der Waals surface area contributed by atoms with Crippen molar-refractivity contribution in [1.29, 1.82) is 0 Å². The van der Waals surface area contributed by atoms with Gasteiger partial charge in [0.25, 0.3) is 15.8 Å². The first-order chi connectivity index (χ1) is 11.2. The Kier molecular flexibility index (Phi) is 5.17. The molecule has 10 heteroatoms. The van der Waals surface area contributed by atoms with Crippen LogP contribution in [0.5, 0.6) is 0 Å². The van der Waals surface area contributed by atoms with Gasteiger partial charge in [-0.25, -0.2) is 8.98 Å². The predicted octanol–water partition coefficient (Wildman–Crippen LogP) is 2.78. The number of non-ortho nitro benzene ring substituents is 1. The molecule has 24 heavy (non-hydrogen) atoms. The van der Waals surface area contributed by atoms with Gasteiger partial charge in [0.2, 0.25) is 6.10 Å². The number of hydrogen-bond acceptors (Lipinski definition) is 6. The lowest BCUT2D eigenvalue weighted by molar-refractivity contribution is -0.384. The molecule has 1 unspecified atom stereocenters. The zero-order chi connectivity index (χ0) is 17.9. The minimum absolute atomic E-state index is 0.0304. The van der Waals surface area contributed by atoms with Crippen molar-refractivity contribution in [1.82, 2.24) is 0 Å². The number of nitro benzene ring substituents is 1. The van der Waals surface area contributed by atoms with Crippen LogP contribution in [0.1, 0.15) is 11.7 Å². The summed E-state index contributed by atoms with van der Waals surface area (Å²) in [5, 5.41) is 19.9. The van der Waals surface area contributed by atoms with Gasteiger partial charge >= 0.3 is 5.97 Å². The zero-order valence-electron chi connectivity index (χ0n) is 11.8. The third kappa shape index (κ3) is 3.88. The van der Waals surface area contributed by atoms with Gasteiger partial charge in [-0.2, -0.15) is 8.42 Å². The molecule has 0 aromatic heterocycles. The van der Waals surface area contributed by atoms with Gasteiger partial charge in [0.1, 0.15) is 0 Å². The molecule has 126 valence electrons. The number of rotatable bonds is 6. The highest BCUT2D eigenvalue weighted by Gasteiger charge is 2.30. The molecule has 1 atom stereocenters. The molecule has 8 nitrogen and oxygen atoms in total. The number of hydrogen-bond donors (Lipinski definition) is 1. The molecule has 2 rings (SSSR count). The van der Waals surface area contributed by atoms with Crippen molar-refractivity contribution in [2.75, 3.05) is 0 Å². The molecule has 2 aromatic carbocycles. The van der Waals surface area contributed by atoms with Gasteiger partial charge in [0.15, 0.2) is 0 Å². The van der Waals surface area contributed by atoms with Gasteiger partial charge in [-0.1, -0.05) is 29.8 Å². The molecule has 0 spiro atoms. The van der Waals surface area contributed by atoms with Crippen LogP contribution in [0.4, 0.5) is 5.69 Å². The van der Waals surface area contributed by atoms with E-state index in [9.17, 15) is 28.4 Å². The molecule has 0 aliphatic heterocycles. The van der Waals surface area contributed by atoms with Gasteiger partial charge in [-0.05, 0) is 18.2 Å². The van der Waals surface area contributed by atoms with E-state index in [1.165, 1.54) is 18.2 Å². The standard InChI is InChI=1S/C14H10ClNO7S/c15-12-4-2-1-3-11(12)13(14(17)18)23-24(21,22)10-7-5-9(6-8-10)16(19)20/h1-8,13H,(H,17,18). The van der Waals surface area contributed by atoms with Gasteiger partial charge in [0.05, 0.1) is 9.82 Å². The quantitative estimate of drug-likeness (QED) is 0.470. The number of nitro groups is 1. The summed E-state index contributed by atoms with van der Waals surface area (Å²) in [6.45, 7) is 0. The van der Waals surface area contributed by atoms with Crippen LogP contribution in [0.2, 0.25) is 5.02 Å². The van der Waals surface area contributed by atoms with E-state index < -0.39 is 32.0 Å². The lowest BCUT2D eigenvalue weighted by atomic mass is 10.1. The van der Waals surface area contributed by atoms with Gasteiger partial charge in [-0.3, -0.25) is 10.1 Å². The van der Waals surface area contributed by atoms with Crippen molar-refractivity contribution in [3.63, 3.8) is 0 Å². The molecule has 0 bridgehead atoms. The Labute approximate surface area is 141 Å². The highest BCUT2D eigenvalue weighted by atomic mass is 35.5. The fourth-order valence-electron chi connectivity index (χ4n) is 1.83. The van der Waals surface area contributed by atoms with Crippen molar-refractivity contribution in [2.45, 2.75) is 11.0 Å². The van der Waals surface area contributed by atoms with E-state index >= 15 is 0 Å². The SMILES string of the molecule is O=C(O)C(OS(=O)(=O)c1ccc([N+](=O)[O-])cc1)c1ccccc1Cl.